The Morgan fingerprint density at radius 2 is 2.22 bits per heavy atom. The van der Waals surface area contributed by atoms with Gasteiger partial charge >= 0.3 is 5.97 Å². The predicted molar refractivity (Wildman–Crippen MR) is 73.3 cm³/mol. The zero-order valence-electron chi connectivity index (χ0n) is 11.4. The number of carbonyl (C=O) groups is 1. The Balaban J connectivity index is 2.63. The van der Waals surface area contributed by atoms with Gasteiger partial charge in [-0.25, -0.2) is 0 Å². The van der Waals surface area contributed by atoms with Crippen LogP contribution in [0.25, 0.3) is 0 Å². The number of carbonyl (C=O) groups excluding carboxylic acids is 1. The van der Waals surface area contributed by atoms with Crippen LogP contribution in [0.1, 0.15) is 24.7 Å². The van der Waals surface area contributed by atoms with E-state index in [0.717, 1.165) is 29.0 Å². The van der Waals surface area contributed by atoms with E-state index in [2.05, 4.69) is 37.6 Å². The zero-order valence-corrected chi connectivity index (χ0v) is 13.0. The Kier molecular flexibility index (Phi) is 5.81. The first-order valence-electron chi connectivity index (χ1n) is 5.96. The smallest absolute Gasteiger partial charge is 0.306 e. The molecule has 102 valence electrons. The third kappa shape index (κ3) is 3.81. The summed E-state index contributed by atoms with van der Waals surface area (Å²) in [7, 11) is 3.39. The molecule has 6 heteroatoms. The molecule has 5 nitrogen and oxygen atoms in total. The van der Waals surface area contributed by atoms with Gasteiger partial charge in [-0.1, -0.05) is 0 Å². The second-order valence-electron chi connectivity index (χ2n) is 4.23. The van der Waals surface area contributed by atoms with E-state index < -0.39 is 0 Å². The first kappa shape index (κ1) is 15.2. The van der Waals surface area contributed by atoms with Crippen molar-refractivity contribution in [2.75, 3.05) is 20.7 Å². The molecule has 1 heterocycles. The summed E-state index contributed by atoms with van der Waals surface area (Å²) >= 11 is 3.56. The third-order valence-corrected chi connectivity index (χ3v) is 3.83. The van der Waals surface area contributed by atoms with Crippen molar-refractivity contribution in [3.63, 3.8) is 0 Å². The zero-order chi connectivity index (χ0) is 13.7. The van der Waals surface area contributed by atoms with Gasteiger partial charge in [-0.2, -0.15) is 5.10 Å². The van der Waals surface area contributed by atoms with Crippen molar-refractivity contribution < 1.29 is 9.53 Å². The molecule has 0 saturated carbocycles. The van der Waals surface area contributed by atoms with Gasteiger partial charge < -0.3 is 4.74 Å². The molecular weight excluding hydrogens is 298 g/mol. The standard InChI is InChI=1S/C12H20BrN3O2/c1-5-16-10(12(13)9(2)14-16)8-15(3)7-6-11(17)18-4/h5-8H2,1-4H3. The number of hydrogen-bond donors (Lipinski definition) is 0. The van der Waals surface area contributed by atoms with Gasteiger partial charge in [0.1, 0.15) is 0 Å². The minimum absolute atomic E-state index is 0.180. The minimum atomic E-state index is -0.180. The van der Waals surface area contributed by atoms with Gasteiger partial charge in [0.15, 0.2) is 0 Å². The van der Waals surface area contributed by atoms with Crippen LogP contribution in [-0.4, -0.2) is 41.4 Å². The van der Waals surface area contributed by atoms with Crippen LogP contribution >= 0.6 is 15.9 Å². The van der Waals surface area contributed by atoms with Crippen LogP contribution in [-0.2, 0) is 22.6 Å². The fourth-order valence-corrected chi connectivity index (χ4v) is 2.15. The summed E-state index contributed by atoms with van der Waals surface area (Å²) in [6, 6.07) is 0. The Bertz CT molecular complexity index is 418. The van der Waals surface area contributed by atoms with Gasteiger partial charge in [-0.05, 0) is 36.8 Å². The van der Waals surface area contributed by atoms with Crippen molar-refractivity contribution in [2.24, 2.45) is 0 Å². The Morgan fingerprint density at radius 1 is 1.56 bits per heavy atom. The molecule has 0 aromatic carbocycles. The molecule has 1 aromatic rings. The fraction of sp³-hybridized carbons (Fsp3) is 0.667. The first-order valence-corrected chi connectivity index (χ1v) is 6.76. The number of esters is 1. The number of rotatable bonds is 6. The average molecular weight is 318 g/mol. The van der Waals surface area contributed by atoms with Gasteiger partial charge in [-0.15, -0.1) is 0 Å². The molecule has 0 aliphatic rings. The van der Waals surface area contributed by atoms with Crippen LogP contribution in [0.5, 0.6) is 0 Å². The summed E-state index contributed by atoms with van der Waals surface area (Å²) in [5.41, 5.74) is 2.13. The van der Waals surface area contributed by atoms with Crippen molar-refractivity contribution in [3.05, 3.63) is 15.9 Å². The number of aryl methyl sites for hydroxylation is 2. The number of aromatic nitrogens is 2. The number of halogens is 1. The highest BCUT2D eigenvalue weighted by molar-refractivity contribution is 9.10. The van der Waals surface area contributed by atoms with Crippen molar-refractivity contribution in [1.82, 2.24) is 14.7 Å². The van der Waals surface area contributed by atoms with E-state index in [9.17, 15) is 4.79 Å². The molecule has 0 fully saturated rings. The summed E-state index contributed by atoms with van der Waals surface area (Å²) in [5, 5.41) is 4.44. The molecule has 0 N–H and O–H groups in total. The summed E-state index contributed by atoms with van der Waals surface area (Å²) in [6.07, 6.45) is 0.407. The van der Waals surface area contributed by atoms with Gasteiger partial charge in [0.2, 0.25) is 0 Å². The molecule has 0 aliphatic carbocycles. The predicted octanol–water partition coefficient (Wildman–Crippen LogP) is 1.97. The van der Waals surface area contributed by atoms with Crippen LogP contribution < -0.4 is 0 Å². The van der Waals surface area contributed by atoms with Crippen LogP contribution in [0, 0.1) is 6.92 Å². The summed E-state index contributed by atoms with van der Waals surface area (Å²) in [4.78, 5) is 13.2. The van der Waals surface area contributed by atoms with Gasteiger partial charge in [0, 0.05) is 19.6 Å². The minimum Gasteiger partial charge on any atom is -0.469 e. The quantitative estimate of drug-likeness (QED) is 0.753. The highest BCUT2D eigenvalue weighted by Crippen LogP contribution is 2.22. The lowest BCUT2D eigenvalue weighted by molar-refractivity contribution is -0.140. The van der Waals surface area contributed by atoms with Crippen molar-refractivity contribution >= 4 is 21.9 Å². The third-order valence-electron chi connectivity index (χ3n) is 2.80. The molecule has 1 rings (SSSR count). The maximum Gasteiger partial charge on any atom is 0.306 e. The van der Waals surface area contributed by atoms with Crippen LogP contribution in [0.3, 0.4) is 0 Å². The highest BCUT2D eigenvalue weighted by atomic mass is 79.9. The Labute approximate surface area is 116 Å². The first-order chi connectivity index (χ1) is 8.49. The number of nitrogens with zero attached hydrogens (tertiary/aromatic N) is 3. The molecule has 0 amide bonds. The monoisotopic (exact) mass is 317 g/mol. The number of ether oxygens (including phenoxy) is 1. The van der Waals surface area contributed by atoms with Crippen LogP contribution in [0.15, 0.2) is 4.47 Å². The lowest BCUT2D eigenvalue weighted by Crippen LogP contribution is -2.23. The van der Waals surface area contributed by atoms with Gasteiger partial charge in [0.05, 0.1) is 29.4 Å². The summed E-state index contributed by atoms with van der Waals surface area (Å²) < 4.78 is 7.66. The van der Waals surface area contributed by atoms with E-state index in [4.69, 9.17) is 0 Å². The summed E-state index contributed by atoms with van der Waals surface area (Å²) in [5.74, 6) is -0.180. The van der Waals surface area contributed by atoms with Crippen LogP contribution in [0.2, 0.25) is 0 Å². The molecule has 1 aromatic heterocycles. The average Bonchev–Trinajstić information content (AvgIpc) is 2.63. The Hall–Kier alpha value is -0.880. The van der Waals surface area contributed by atoms with E-state index in [1.54, 1.807) is 0 Å². The van der Waals surface area contributed by atoms with E-state index >= 15 is 0 Å². The number of methoxy groups -OCH3 is 1. The van der Waals surface area contributed by atoms with E-state index in [1.807, 2.05) is 18.7 Å². The second kappa shape index (κ2) is 6.89. The fourth-order valence-electron chi connectivity index (χ4n) is 1.74. The maximum absolute atomic E-state index is 11.1. The van der Waals surface area contributed by atoms with Crippen molar-refractivity contribution in [2.45, 2.75) is 33.4 Å². The lowest BCUT2D eigenvalue weighted by atomic mass is 10.3. The van der Waals surface area contributed by atoms with E-state index in [0.29, 0.717) is 13.0 Å². The van der Waals surface area contributed by atoms with Gasteiger partial charge in [-0.3, -0.25) is 14.4 Å². The molecule has 0 saturated heterocycles. The van der Waals surface area contributed by atoms with E-state index in [1.165, 1.54) is 7.11 Å². The maximum atomic E-state index is 11.1. The molecule has 0 aliphatic heterocycles. The molecule has 0 atom stereocenters. The topological polar surface area (TPSA) is 47.4 Å². The van der Waals surface area contributed by atoms with Crippen molar-refractivity contribution in [1.29, 1.82) is 0 Å². The molecule has 0 unspecified atom stereocenters. The van der Waals surface area contributed by atoms with Crippen LogP contribution in [0.4, 0.5) is 0 Å². The molecular formula is C12H20BrN3O2. The highest BCUT2D eigenvalue weighted by Gasteiger charge is 2.14. The largest absolute Gasteiger partial charge is 0.469 e. The van der Waals surface area contributed by atoms with Crippen molar-refractivity contribution in [3.8, 4) is 0 Å². The molecule has 0 bridgehead atoms. The SMILES string of the molecule is CCn1nc(C)c(Br)c1CN(C)CCC(=O)OC. The molecule has 0 spiro atoms. The lowest BCUT2D eigenvalue weighted by Gasteiger charge is -2.16. The van der Waals surface area contributed by atoms with Gasteiger partial charge in [0.25, 0.3) is 0 Å². The number of hydrogen-bond acceptors (Lipinski definition) is 4. The second-order valence-corrected chi connectivity index (χ2v) is 5.02. The normalized spacial score (nSPS) is 11.0. The summed E-state index contributed by atoms with van der Waals surface area (Å²) in [6.45, 7) is 6.32. The molecule has 0 radical (unpaired) electrons. The van der Waals surface area contributed by atoms with E-state index in [-0.39, 0.29) is 5.97 Å². The Morgan fingerprint density at radius 3 is 2.78 bits per heavy atom. The molecule has 18 heavy (non-hydrogen) atoms.